The lowest BCUT2D eigenvalue weighted by atomic mass is 10.0. The van der Waals surface area contributed by atoms with Crippen LogP contribution in [-0.4, -0.2) is 11.2 Å². The summed E-state index contributed by atoms with van der Waals surface area (Å²) in [6.07, 6.45) is 0.800. The van der Waals surface area contributed by atoms with Crippen LogP contribution in [0.4, 0.5) is 4.39 Å². The van der Waals surface area contributed by atoms with Gasteiger partial charge in [0.15, 0.2) is 0 Å². The van der Waals surface area contributed by atoms with Crippen LogP contribution in [0.2, 0.25) is 0 Å². The molecule has 0 radical (unpaired) electrons. The summed E-state index contributed by atoms with van der Waals surface area (Å²) in [5.41, 5.74) is 1.71. The molecule has 1 atom stereocenters. The molecule has 0 aliphatic heterocycles. The van der Waals surface area contributed by atoms with Crippen molar-refractivity contribution in [2.45, 2.75) is 32.8 Å². The van der Waals surface area contributed by atoms with E-state index in [-0.39, 0.29) is 5.82 Å². The Balaban J connectivity index is 2.90. The smallest absolute Gasteiger partial charge is 0.126 e. The fourth-order valence-electron chi connectivity index (χ4n) is 1.32. The third kappa shape index (κ3) is 2.81. The molecule has 0 aromatic heterocycles. The second kappa shape index (κ2) is 4.38. The Kier molecular flexibility index (Phi) is 3.43. The van der Waals surface area contributed by atoms with E-state index in [1.165, 1.54) is 6.07 Å². The van der Waals surface area contributed by atoms with Gasteiger partial charge >= 0.3 is 0 Å². The van der Waals surface area contributed by atoms with Gasteiger partial charge in [0.2, 0.25) is 0 Å². The zero-order chi connectivity index (χ0) is 9.84. The molecule has 0 amide bonds. The van der Waals surface area contributed by atoms with E-state index in [0.717, 1.165) is 12.0 Å². The molecule has 0 heterocycles. The SMILES string of the molecule is CCc1ccc(F)c(CC(C)O)c1. The number of benzene rings is 1. The predicted molar refractivity (Wildman–Crippen MR) is 51.2 cm³/mol. The topological polar surface area (TPSA) is 20.2 Å². The largest absolute Gasteiger partial charge is 0.393 e. The summed E-state index contributed by atoms with van der Waals surface area (Å²) in [5.74, 6) is -0.224. The maximum absolute atomic E-state index is 13.2. The van der Waals surface area contributed by atoms with Crippen LogP contribution in [0.1, 0.15) is 25.0 Å². The van der Waals surface area contributed by atoms with Gasteiger partial charge in [-0.05, 0) is 30.5 Å². The van der Waals surface area contributed by atoms with Crippen molar-refractivity contribution in [3.8, 4) is 0 Å². The van der Waals surface area contributed by atoms with E-state index < -0.39 is 6.10 Å². The molecule has 1 N–H and O–H groups in total. The highest BCUT2D eigenvalue weighted by atomic mass is 19.1. The van der Waals surface area contributed by atoms with Crippen LogP contribution in [0.15, 0.2) is 18.2 Å². The summed E-state index contributed by atoms with van der Waals surface area (Å²) in [6, 6.07) is 5.07. The van der Waals surface area contributed by atoms with Gasteiger partial charge in [0, 0.05) is 6.42 Å². The van der Waals surface area contributed by atoms with Crippen LogP contribution < -0.4 is 0 Å². The fraction of sp³-hybridized carbons (Fsp3) is 0.455. The Morgan fingerprint density at radius 1 is 1.46 bits per heavy atom. The Morgan fingerprint density at radius 2 is 2.15 bits per heavy atom. The average molecular weight is 182 g/mol. The first-order chi connectivity index (χ1) is 6.13. The molecule has 13 heavy (non-hydrogen) atoms. The molecule has 0 bridgehead atoms. The molecular weight excluding hydrogens is 167 g/mol. The van der Waals surface area contributed by atoms with Crippen molar-refractivity contribution in [3.63, 3.8) is 0 Å². The third-order valence-electron chi connectivity index (χ3n) is 2.03. The average Bonchev–Trinajstić information content (AvgIpc) is 2.08. The summed E-state index contributed by atoms with van der Waals surface area (Å²) in [7, 11) is 0. The van der Waals surface area contributed by atoms with Gasteiger partial charge in [-0.15, -0.1) is 0 Å². The Bertz CT molecular complexity index is 281. The lowest BCUT2D eigenvalue weighted by Gasteiger charge is -2.07. The van der Waals surface area contributed by atoms with Gasteiger partial charge in [-0.2, -0.15) is 0 Å². The molecule has 0 spiro atoms. The van der Waals surface area contributed by atoms with E-state index in [0.29, 0.717) is 12.0 Å². The van der Waals surface area contributed by atoms with Crippen molar-refractivity contribution in [3.05, 3.63) is 35.1 Å². The van der Waals surface area contributed by atoms with Crippen LogP contribution in [0.25, 0.3) is 0 Å². The number of halogens is 1. The number of aliphatic hydroxyl groups is 1. The summed E-state index contributed by atoms with van der Waals surface area (Å²) in [5, 5.41) is 9.13. The molecule has 1 aromatic carbocycles. The molecule has 1 rings (SSSR count). The van der Waals surface area contributed by atoms with E-state index in [1.54, 1.807) is 13.0 Å². The first-order valence-corrected chi connectivity index (χ1v) is 4.59. The minimum Gasteiger partial charge on any atom is -0.393 e. The first kappa shape index (κ1) is 10.2. The zero-order valence-electron chi connectivity index (χ0n) is 8.05. The van der Waals surface area contributed by atoms with Gasteiger partial charge in [-0.3, -0.25) is 0 Å². The Hall–Kier alpha value is -0.890. The number of rotatable bonds is 3. The summed E-state index contributed by atoms with van der Waals surface area (Å²) in [6.45, 7) is 3.69. The Morgan fingerprint density at radius 3 is 2.69 bits per heavy atom. The minimum atomic E-state index is -0.485. The second-order valence-electron chi connectivity index (χ2n) is 3.33. The van der Waals surface area contributed by atoms with Crippen LogP contribution >= 0.6 is 0 Å². The monoisotopic (exact) mass is 182 g/mol. The highest BCUT2D eigenvalue weighted by Gasteiger charge is 2.05. The highest BCUT2D eigenvalue weighted by molar-refractivity contribution is 5.25. The normalized spacial score (nSPS) is 12.9. The molecule has 2 heteroatoms. The number of hydrogen-bond acceptors (Lipinski definition) is 1. The van der Waals surface area contributed by atoms with Crippen molar-refractivity contribution in [1.82, 2.24) is 0 Å². The van der Waals surface area contributed by atoms with Gasteiger partial charge in [0.25, 0.3) is 0 Å². The molecule has 0 aliphatic rings. The molecule has 1 nitrogen and oxygen atoms in total. The van der Waals surface area contributed by atoms with Crippen molar-refractivity contribution in [2.75, 3.05) is 0 Å². The number of aliphatic hydroxyl groups excluding tert-OH is 1. The second-order valence-corrected chi connectivity index (χ2v) is 3.33. The van der Waals surface area contributed by atoms with Gasteiger partial charge in [-0.25, -0.2) is 4.39 Å². The van der Waals surface area contributed by atoms with Gasteiger partial charge < -0.3 is 5.11 Å². The van der Waals surface area contributed by atoms with E-state index in [9.17, 15) is 4.39 Å². The quantitative estimate of drug-likeness (QED) is 0.760. The van der Waals surface area contributed by atoms with Crippen LogP contribution in [0, 0.1) is 5.82 Å². The van der Waals surface area contributed by atoms with Crippen LogP contribution in [-0.2, 0) is 12.8 Å². The Labute approximate surface area is 78.2 Å². The first-order valence-electron chi connectivity index (χ1n) is 4.59. The fourth-order valence-corrected chi connectivity index (χ4v) is 1.32. The number of aryl methyl sites for hydroxylation is 1. The lowest BCUT2D eigenvalue weighted by Crippen LogP contribution is -2.06. The van der Waals surface area contributed by atoms with E-state index >= 15 is 0 Å². The molecule has 1 unspecified atom stereocenters. The van der Waals surface area contributed by atoms with Crippen molar-refractivity contribution in [2.24, 2.45) is 0 Å². The molecule has 0 aliphatic carbocycles. The maximum atomic E-state index is 13.2. The molecule has 1 aromatic rings. The summed E-state index contributed by atoms with van der Waals surface area (Å²) >= 11 is 0. The third-order valence-corrected chi connectivity index (χ3v) is 2.03. The molecule has 0 fully saturated rings. The van der Waals surface area contributed by atoms with Gasteiger partial charge in [0.05, 0.1) is 6.10 Å². The zero-order valence-corrected chi connectivity index (χ0v) is 8.05. The standard InChI is InChI=1S/C11H15FO/c1-3-9-4-5-11(12)10(7-9)6-8(2)13/h4-5,7-8,13H,3,6H2,1-2H3. The molecular formula is C11H15FO. The van der Waals surface area contributed by atoms with E-state index in [4.69, 9.17) is 5.11 Å². The van der Waals surface area contributed by atoms with E-state index in [1.807, 2.05) is 13.0 Å². The van der Waals surface area contributed by atoms with E-state index in [2.05, 4.69) is 0 Å². The van der Waals surface area contributed by atoms with Gasteiger partial charge in [0.1, 0.15) is 5.82 Å². The van der Waals surface area contributed by atoms with Crippen molar-refractivity contribution in [1.29, 1.82) is 0 Å². The lowest BCUT2D eigenvalue weighted by molar-refractivity contribution is 0.194. The van der Waals surface area contributed by atoms with Crippen LogP contribution in [0.3, 0.4) is 0 Å². The number of hydrogen-bond donors (Lipinski definition) is 1. The molecule has 0 saturated carbocycles. The van der Waals surface area contributed by atoms with Gasteiger partial charge in [-0.1, -0.05) is 19.1 Å². The minimum absolute atomic E-state index is 0.224. The predicted octanol–water partition coefficient (Wildman–Crippen LogP) is 2.31. The maximum Gasteiger partial charge on any atom is 0.126 e. The highest BCUT2D eigenvalue weighted by Crippen LogP contribution is 2.13. The molecule has 0 saturated heterocycles. The molecule has 72 valence electrons. The summed E-state index contributed by atoms with van der Waals surface area (Å²) < 4.78 is 13.2. The summed E-state index contributed by atoms with van der Waals surface area (Å²) in [4.78, 5) is 0. The van der Waals surface area contributed by atoms with Crippen LogP contribution in [0.5, 0.6) is 0 Å². The van der Waals surface area contributed by atoms with Crippen molar-refractivity contribution < 1.29 is 9.50 Å². The van der Waals surface area contributed by atoms with Crippen molar-refractivity contribution >= 4 is 0 Å².